The standard InChI is InChI=1S/C18H21BrN4O3/c1-10(2)15-14(19)16(23-22-15)18(25)21-12-7-5-11(6-8-12)20-17(24)13-4-3-9-26-13/h3-10,14-16,22-23H,1-2H3,(H,20,24)(H,21,25). The number of furan rings is 1. The van der Waals surface area contributed by atoms with Gasteiger partial charge in [0.25, 0.3) is 5.91 Å². The smallest absolute Gasteiger partial charge is 0.291 e. The van der Waals surface area contributed by atoms with E-state index < -0.39 is 0 Å². The first-order chi connectivity index (χ1) is 12.5. The van der Waals surface area contributed by atoms with Crippen molar-refractivity contribution in [2.45, 2.75) is 30.8 Å². The summed E-state index contributed by atoms with van der Waals surface area (Å²) in [5.74, 6) is 0.178. The van der Waals surface area contributed by atoms with Crippen LogP contribution in [-0.2, 0) is 4.79 Å². The molecule has 0 saturated carbocycles. The Bertz CT molecular complexity index is 761. The highest BCUT2D eigenvalue weighted by molar-refractivity contribution is 9.09. The van der Waals surface area contributed by atoms with Crippen LogP contribution in [0.3, 0.4) is 0 Å². The Hall–Kier alpha value is -2.16. The van der Waals surface area contributed by atoms with Crippen molar-refractivity contribution < 1.29 is 14.0 Å². The number of rotatable bonds is 5. The number of anilines is 2. The third kappa shape index (κ3) is 4.14. The van der Waals surface area contributed by atoms with Crippen LogP contribution in [0.25, 0.3) is 0 Å². The van der Waals surface area contributed by atoms with Gasteiger partial charge in [-0.1, -0.05) is 29.8 Å². The summed E-state index contributed by atoms with van der Waals surface area (Å²) in [5.41, 5.74) is 7.45. The molecule has 2 amide bonds. The molecule has 3 atom stereocenters. The van der Waals surface area contributed by atoms with Crippen molar-refractivity contribution in [1.82, 2.24) is 10.9 Å². The molecule has 2 heterocycles. The minimum atomic E-state index is -0.374. The lowest BCUT2D eigenvalue weighted by atomic mass is 9.99. The summed E-state index contributed by atoms with van der Waals surface area (Å²) in [4.78, 5) is 24.4. The Morgan fingerprint density at radius 2 is 1.73 bits per heavy atom. The molecule has 3 rings (SSSR count). The zero-order valence-electron chi connectivity index (χ0n) is 14.5. The van der Waals surface area contributed by atoms with Gasteiger partial charge < -0.3 is 15.1 Å². The molecule has 2 aromatic rings. The maximum absolute atomic E-state index is 12.5. The maximum Gasteiger partial charge on any atom is 0.291 e. The molecule has 0 radical (unpaired) electrons. The minimum absolute atomic E-state index is 0.00522. The first-order valence-electron chi connectivity index (χ1n) is 8.36. The predicted octanol–water partition coefficient (Wildman–Crippen LogP) is 2.73. The Morgan fingerprint density at radius 1 is 1.08 bits per heavy atom. The number of nitrogens with one attached hydrogen (secondary N) is 4. The van der Waals surface area contributed by atoms with Crippen LogP contribution in [0.2, 0.25) is 0 Å². The van der Waals surface area contributed by atoms with Crippen LogP contribution in [0.1, 0.15) is 24.4 Å². The van der Waals surface area contributed by atoms with E-state index in [1.165, 1.54) is 6.26 Å². The van der Waals surface area contributed by atoms with E-state index in [1.807, 2.05) is 0 Å². The molecule has 1 aromatic carbocycles. The van der Waals surface area contributed by atoms with Crippen LogP contribution in [0.4, 0.5) is 11.4 Å². The summed E-state index contributed by atoms with van der Waals surface area (Å²) < 4.78 is 5.05. The van der Waals surface area contributed by atoms with Crippen LogP contribution in [0.5, 0.6) is 0 Å². The molecule has 26 heavy (non-hydrogen) atoms. The van der Waals surface area contributed by atoms with E-state index in [4.69, 9.17) is 4.42 Å². The molecule has 1 aromatic heterocycles. The van der Waals surface area contributed by atoms with E-state index in [0.717, 1.165) is 0 Å². The summed E-state index contributed by atoms with van der Waals surface area (Å²) in [6.45, 7) is 4.20. The van der Waals surface area contributed by atoms with Crippen molar-refractivity contribution in [3.8, 4) is 0 Å². The fourth-order valence-corrected chi connectivity index (χ4v) is 3.87. The number of carbonyl (C=O) groups excluding carboxylic acids is 2. The molecule has 3 unspecified atom stereocenters. The first-order valence-corrected chi connectivity index (χ1v) is 9.28. The molecule has 1 saturated heterocycles. The quantitative estimate of drug-likeness (QED) is 0.557. The maximum atomic E-state index is 12.5. The van der Waals surface area contributed by atoms with Crippen molar-refractivity contribution in [3.05, 3.63) is 48.4 Å². The second-order valence-electron chi connectivity index (χ2n) is 6.48. The highest BCUT2D eigenvalue weighted by Gasteiger charge is 2.39. The summed E-state index contributed by atoms with van der Waals surface area (Å²) >= 11 is 3.60. The Labute approximate surface area is 160 Å². The number of benzene rings is 1. The van der Waals surface area contributed by atoms with Crippen LogP contribution >= 0.6 is 15.9 Å². The van der Waals surface area contributed by atoms with Gasteiger partial charge in [0, 0.05) is 17.4 Å². The second-order valence-corrected chi connectivity index (χ2v) is 7.54. The van der Waals surface area contributed by atoms with Gasteiger partial charge in [-0.05, 0) is 42.3 Å². The van der Waals surface area contributed by atoms with Gasteiger partial charge in [-0.15, -0.1) is 0 Å². The van der Waals surface area contributed by atoms with E-state index in [-0.39, 0.29) is 34.5 Å². The van der Waals surface area contributed by atoms with E-state index in [9.17, 15) is 9.59 Å². The molecule has 0 spiro atoms. The summed E-state index contributed by atoms with van der Waals surface area (Å²) in [6, 6.07) is 9.96. The lowest BCUT2D eigenvalue weighted by molar-refractivity contribution is -0.117. The summed E-state index contributed by atoms with van der Waals surface area (Å²) in [6.07, 6.45) is 1.44. The average Bonchev–Trinajstić information content (AvgIpc) is 3.26. The van der Waals surface area contributed by atoms with Crippen molar-refractivity contribution in [1.29, 1.82) is 0 Å². The third-order valence-electron chi connectivity index (χ3n) is 4.22. The molecule has 1 fully saturated rings. The predicted molar refractivity (Wildman–Crippen MR) is 103 cm³/mol. The Balaban J connectivity index is 1.57. The molecule has 138 valence electrons. The molecule has 1 aliphatic rings. The van der Waals surface area contributed by atoms with Crippen LogP contribution in [0.15, 0.2) is 47.1 Å². The monoisotopic (exact) mass is 420 g/mol. The number of amides is 2. The molecule has 4 N–H and O–H groups in total. The SMILES string of the molecule is CC(C)C1NNC(C(=O)Nc2ccc(NC(=O)c3ccco3)cc2)C1Br. The van der Waals surface area contributed by atoms with Gasteiger partial charge in [-0.3, -0.25) is 15.0 Å². The topological polar surface area (TPSA) is 95.4 Å². The summed E-state index contributed by atoms with van der Waals surface area (Å²) in [5, 5.41) is 5.61. The van der Waals surface area contributed by atoms with Gasteiger partial charge in [-0.25, -0.2) is 5.43 Å². The zero-order valence-corrected chi connectivity index (χ0v) is 16.0. The van der Waals surface area contributed by atoms with Gasteiger partial charge >= 0.3 is 0 Å². The highest BCUT2D eigenvalue weighted by atomic mass is 79.9. The number of hydrazine groups is 1. The molecular weight excluding hydrogens is 400 g/mol. The van der Waals surface area contributed by atoms with Crippen molar-refractivity contribution in [3.63, 3.8) is 0 Å². The number of halogens is 1. The summed E-state index contributed by atoms with van der Waals surface area (Å²) in [7, 11) is 0. The van der Waals surface area contributed by atoms with E-state index in [2.05, 4.69) is 51.3 Å². The largest absolute Gasteiger partial charge is 0.459 e. The van der Waals surface area contributed by atoms with E-state index in [1.54, 1.807) is 36.4 Å². The van der Waals surface area contributed by atoms with Crippen molar-refractivity contribution in [2.24, 2.45) is 5.92 Å². The fraction of sp³-hybridized carbons (Fsp3) is 0.333. The van der Waals surface area contributed by atoms with Crippen LogP contribution in [-0.4, -0.2) is 28.7 Å². The number of hydrogen-bond donors (Lipinski definition) is 4. The highest BCUT2D eigenvalue weighted by Crippen LogP contribution is 2.23. The zero-order chi connectivity index (χ0) is 18.7. The number of alkyl halides is 1. The lowest BCUT2D eigenvalue weighted by Gasteiger charge is -2.19. The van der Waals surface area contributed by atoms with E-state index >= 15 is 0 Å². The Kier molecular flexibility index (Phi) is 5.75. The molecule has 0 aliphatic carbocycles. The van der Waals surface area contributed by atoms with Gasteiger partial charge in [0.05, 0.1) is 11.1 Å². The molecule has 1 aliphatic heterocycles. The van der Waals surface area contributed by atoms with E-state index in [0.29, 0.717) is 17.3 Å². The van der Waals surface area contributed by atoms with Gasteiger partial charge in [0.1, 0.15) is 6.04 Å². The third-order valence-corrected chi connectivity index (χ3v) is 5.32. The van der Waals surface area contributed by atoms with Gasteiger partial charge in [0.15, 0.2) is 5.76 Å². The molecule has 0 bridgehead atoms. The van der Waals surface area contributed by atoms with Crippen LogP contribution < -0.4 is 21.5 Å². The first kappa shape index (κ1) is 18.6. The minimum Gasteiger partial charge on any atom is -0.459 e. The molecule has 8 heteroatoms. The number of carbonyl (C=O) groups is 2. The molecular formula is C18H21BrN4O3. The Morgan fingerprint density at radius 3 is 2.27 bits per heavy atom. The van der Waals surface area contributed by atoms with Gasteiger partial charge in [0.2, 0.25) is 5.91 Å². The van der Waals surface area contributed by atoms with Crippen LogP contribution in [0, 0.1) is 5.92 Å². The normalized spacial score (nSPS) is 22.4. The van der Waals surface area contributed by atoms with Gasteiger partial charge in [-0.2, -0.15) is 0 Å². The molecule has 7 nitrogen and oxygen atoms in total. The lowest BCUT2D eigenvalue weighted by Crippen LogP contribution is -2.42. The number of hydrogen-bond acceptors (Lipinski definition) is 5. The average molecular weight is 421 g/mol. The fourth-order valence-electron chi connectivity index (χ4n) is 2.75. The second kappa shape index (κ2) is 8.03. The van der Waals surface area contributed by atoms with Crippen molar-refractivity contribution >= 4 is 39.1 Å². The van der Waals surface area contributed by atoms with Crippen molar-refractivity contribution in [2.75, 3.05) is 10.6 Å².